The standard InChI is InChI=1S/C23H18FN3O3/c24-17-8-6-15(7-9-17)21(23-27-26-22(30-23)16-4-2-1-3-5-16)25-18-10-11-19-20(14-18)29-13-12-28-19/h1-11,14,21,25H,12-13H2. The molecule has 0 bridgehead atoms. The fraction of sp³-hybridized carbons (Fsp3) is 0.130. The summed E-state index contributed by atoms with van der Waals surface area (Å²) in [6.07, 6.45) is 0. The normalized spacial score (nSPS) is 13.6. The summed E-state index contributed by atoms with van der Waals surface area (Å²) in [4.78, 5) is 0. The first-order valence-corrected chi connectivity index (χ1v) is 9.57. The fourth-order valence-electron chi connectivity index (χ4n) is 3.29. The predicted octanol–water partition coefficient (Wildman–Crippen LogP) is 4.85. The number of anilines is 1. The lowest BCUT2D eigenvalue weighted by Gasteiger charge is -2.21. The second-order valence-corrected chi connectivity index (χ2v) is 6.80. The molecule has 0 aliphatic carbocycles. The summed E-state index contributed by atoms with van der Waals surface area (Å²) in [7, 11) is 0. The zero-order valence-corrected chi connectivity index (χ0v) is 15.9. The molecule has 4 aromatic rings. The topological polar surface area (TPSA) is 69.4 Å². The molecule has 0 radical (unpaired) electrons. The van der Waals surface area contributed by atoms with Gasteiger partial charge < -0.3 is 19.2 Å². The van der Waals surface area contributed by atoms with E-state index in [1.165, 1.54) is 12.1 Å². The Kier molecular flexibility index (Phi) is 4.77. The Bertz CT molecular complexity index is 1150. The van der Waals surface area contributed by atoms with Gasteiger partial charge in [-0.05, 0) is 42.0 Å². The lowest BCUT2D eigenvalue weighted by Crippen LogP contribution is -2.16. The van der Waals surface area contributed by atoms with E-state index in [2.05, 4.69) is 15.5 Å². The molecule has 0 saturated carbocycles. The monoisotopic (exact) mass is 403 g/mol. The van der Waals surface area contributed by atoms with E-state index in [-0.39, 0.29) is 5.82 Å². The highest BCUT2D eigenvalue weighted by molar-refractivity contribution is 5.57. The minimum Gasteiger partial charge on any atom is -0.486 e. The summed E-state index contributed by atoms with van der Waals surface area (Å²) in [5, 5.41) is 11.8. The van der Waals surface area contributed by atoms with Gasteiger partial charge in [-0.3, -0.25) is 0 Å². The first kappa shape index (κ1) is 18.2. The van der Waals surface area contributed by atoms with Crippen molar-refractivity contribution in [3.63, 3.8) is 0 Å². The zero-order chi connectivity index (χ0) is 20.3. The van der Waals surface area contributed by atoms with E-state index in [1.807, 2.05) is 48.5 Å². The van der Waals surface area contributed by atoms with E-state index in [0.29, 0.717) is 36.5 Å². The van der Waals surface area contributed by atoms with Gasteiger partial charge in [0.1, 0.15) is 25.1 Å². The van der Waals surface area contributed by atoms with Gasteiger partial charge in [-0.2, -0.15) is 0 Å². The molecule has 2 heterocycles. The van der Waals surface area contributed by atoms with Gasteiger partial charge in [0.05, 0.1) is 0 Å². The SMILES string of the molecule is Fc1ccc(C(Nc2ccc3c(c2)OCCO3)c2nnc(-c3ccccc3)o2)cc1. The van der Waals surface area contributed by atoms with Crippen LogP contribution >= 0.6 is 0 Å². The van der Waals surface area contributed by atoms with E-state index >= 15 is 0 Å². The molecule has 1 unspecified atom stereocenters. The third-order valence-electron chi connectivity index (χ3n) is 4.76. The quantitative estimate of drug-likeness (QED) is 0.514. The van der Waals surface area contributed by atoms with Crippen LogP contribution < -0.4 is 14.8 Å². The Morgan fingerprint density at radius 2 is 1.60 bits per heavy atom. The summed E-state index contributed by atoms with van der Waals surface area (Å²) in [6.45, 7) is 1.03. The number of rotatable bonds is 5. The Morgan fingerprint density at radius 3 is 2.40 bits per heavy atom. The molecule has 0 spiro atoms. The minimum absolute atomic E-state index is 0.313. The second-order valence-electron chi connectivity index (χ2n) is 6.80. The number of ether oxygens (including phenoxy) is 2. The van der Waals surface area contributed by atoms with Crippen LogP contribution in [-0.2, 0) is 0 Å². The van der Waals surface area contributed by atoms with Gasteiger partial charge in [-0.15, -0.1) is 10.2 Å². The number of hydrogen-bond acceptors (Lipinski definition) is 6. The molecule has 6 nitrogen and oxygen atoms in total. The third kappa shape index (κ3) is 3.69. The molecule has 30 heavy (non-hydrogen) atoms. The van der Waals surface area contributed by atoms with Gasteiger partial charge in [0.15, 0.2) is 11.5 Å². The zero-order valence-electron chi connectivity index (χ0n) is 15.9. The largest absolute Gasteiger partial charge is 0.486 e. The number of hydrogen-bond donors (Lipinski definition) is 1. The van der Waals surface area contributed by atoms with Gasteiger partial charge in [0.25, 0.3) is 0 Å². The van der Waals surface area contributed by atoms with Crippen LogP contribution in [0.3, 0.4) is 0 Å². The minimum atomic E-state index is -0.474. The van der Waals surface area contributed by atoms with Crippen LogP contribution in [0.25, 0.3) is 11.5 Å². The fourth-order valence-corrected chi connectivity index (χ4v) is 3.29. The number of fused-ring (bicyclic) bond motifs is 1. The number of nitrogens with one attached hydrogen (secondary N) is 1. The summed E-state index contributed by atoms with van der Waals surface area (Å²) in [6, 6.07) is 20.9. The number of aromatic nitrogens is 2. The first-order valence-electron chi connectivity index (χ1n) is 9.57. The van der Waals surface area contributed by atoms with E-state index in [1.54, 1.807) is 12.1 Å². The van der Waals surface area contributed by atoms with Crippen LogP contribution in [0.15, 0.2) is 77.2 Å². The summed E-state index contributed by atoms with van der Waals surface area (Å²) >= 11 is 0. The Hall–Kier alpha value is -3.87. The highest BCUT2D eigenvalue weighted by Gasteiger charge is 2.23. The molecule has 0 amide bonds. The van der Waals surface area contributed by atoms with Crippen molar-refractivity contribution in [2.75, 3.05) is 18.5 Å². The highest BCUT2D eigenvalue weighted by atomic mass is 19.1. The van der Waals surface area contributed by atoms with Crippen molar-refractivity contribution in [1.82, 2.24) is 10.2 Å². The van der Waals surface area contributed by atoms with Gasteiger partial charge >= 0.3 is 0 Å². The van der Waals surface area contributed by atoms with E-state index in [0.717, 1.165) is 16.8 Å². The molecule has 150 valence electrons. The molecule has 1 aliphatic rings. The van der Waals surface area contributed by atoms with Crippen LogP contribution in [0, 0.1) is 5.82 Å². The van der Waals surface area contributed by atoms with Gasteiger partial charge in [-0.1, -0.05) is 30.3 Å². The first-order chi connectivity index (χ1) is 14.8. The van der Waals surface area contributed by atoms with Crippen LogP contribution in [0.5, 0.6) is 11.5 Å². The maximum atomic E-state index is 13.5. The molecule has 5 rings (SSSR count). The lowest BCUT2D eigenvalue weighted by molar-refractivity contribution is 0.171. The molecular weight excluding hydrogens is 385 g/mol. The molecule has 1 aliphatic heterocycles. The molecule has 7 heteroatoms. The number of nitrogens with zero attached hydrogens (tertiary/aromatic N) is 2. The van der Waals surface area contributed by atoms with Crippen molar-refractivity contribution < 1.29 is 18.3 Å². The summed E-state index contributed by atoms with van der Waals surface area (Å²) in [5.41, 5.74) is 2.40. The van der Waals surface area contributed by atoms with Crippen molar-refractivity contribution in [3.05, 3.63) is 90.1 Å². The molecule has 3 aromatic carbocycles. The predicted molar refractivity (Wildman–Crippen MR) is 109 cm³/mol. The molecule has 1 N–H and O–H groups in total. The Morgan fingerprint density at radius 1 is 0.833 bits per heavy atom. The van der Waals surface area contributed by atoms with Crippen molar-refractivity contribution in [2.45, 2.75) is 6.04 Å². The molecule has 1 aromatic heterocycles. The van der Waals surface area contributed by atoms with Gasteiger partial charge in [0.2, 0.25) is 11.8 Å². The number of benzene rings is 3. The third-order valence-corrected chi connectivity index (χ3v) is 4.76. The lowest BCUT2D eigenvalue weighted by atomic mass is 10.1. The average molecular weight is 403 g/mol. The average Bonchev–Trinajstić information content (AvgIpc) is 3.29. The summed E-state index contributed by atoms with van der Waals surface area (Å²) in [5.74, 6) is 1.85. The van der Waals surface area contributed by atoms with E-state index in [4.69, 9.17) is 13.9 Å². The molecule has 0 saturated heterocycles. The van der Waals surface area contributed by atoms with Crippen molar-refractivity contribution >= 4 is 5.69 Å². The Balaban J connectivity index is 1.50. The van der Waals surface area contributed by atoms with E-state index < -0.39 is 6.04 Å². The molecule has 1 atom stereocenters. The van der Waals surface area contributed by atoms with E-state index in [9.17, 15) is 4.39 Å². The van der Waals surface area contributed by atoms with Crippen LogP contribution in [0.2, 0.25) is 0 Å². The van der Waals surface area contributed by atoms with Crippen LogP contribution in [0.4, 0.5) is 10.1 Å². The second kappa shape index (κ2) is 7.87. The summed E-state index contributed by atoms with van der Waals surface area (Å²) < 4.78 is 30.7. The Labute approximate surface area is 172 Å². The molecular formula is C23H18FN3O3. The van der Waals surface area contributed by atoms with Crippen molar-refractivity contribution in [3.8, 4) is 23.0 Å². The van der Waals surface area contributed by atoms with Gasteiger partial charge in [-0.25, -0.2) is 4.39 Å². The highest BCUT2D eigenvalue weighted by Crippen LogP contribution is 2.35. The van der Waals surface area contributed by atoms with Crippen LogP contribution in [-0.4, -0.2) is 23.4 Å². The smallest absolute Gasteiger partial charge is 0.247 e. The molecule has 0 fully saturated rings. The van der Waals surface area contributed by atoms with Gasteiger partial charge in [0, 0.05) is 17.3 Å². The number of halogens is 1. The van der Waals surface area contributed by atoms with Crippen molar-refractivity contribution in [2.24, 2.45) is 0 Å². The maximum absolute atomic E-state index is 13.5. The maximum Gasteiger partial charge on any atom is 0.247 e. The van der Waals surface area contributed by atoms with Crippen LogP contribution in [0.1, 0.15) is 17.5 Å². The van der Waals surface area contributed by atoms with Crippen molar-refractivity contribution in [1.29, 1.82) is 0 Å².